The van der Waals surface area contributed by atoms with E-state index in [0.717, 1.165) is 41.5 Å². The smallest absolute Gasteiger partial charge is 0.264 e. The average Bonchev–Trinajstić information content (AvgIpc) is 2.73. The zero-order valence-corrected chi connectivity index (χ0v) is 17.5. The summed E-state index contributed by atoms with van der Waals surface area (Å²) in [6.45, 7) is 3.26. The summed E-state index contributed by atoms with van der Waals surface area (Å²) < 4.78 is 27.7. The van der Waals surface area contributed by atoms with Gasteiger partial charge in [-0.15, -0.1) is 0 Å². The van der Waals surface area contributed by atoms with Gasteiger partial charge in [0.1, 0.15) is 6.54 Å². The number of rotatable bonds is 6. The third kappa shape index (κ3) is 5.21. The molecule has 0 bridgehead atoms. The van der Waals surface area contributed by atoms with Gasteiger partial charge in [-0.2, -0.15) is 5.10 Å². The molecule has 0 unspecified atom stereocenters. The van der Waals surface area contributed by atoms with Crippen LogP contribution < -0.4 is 9.73 Å². The number of hydrazone groups is 1. The molecule has 1 N–H and O–H groups in total. The Hall–Kier alpha value is -2.71. The zero-order valence-electron chi connectivity index (χ0n) is 16.7. The van der Waals surface area contributed by atoms with Gasteiger partial charge >= 0.3 is 0 Å². The Balaban J connectivity index is 1.84. The molecule has 7 nitrogen and oxygen atoms in total. The number of hydrogen-bond donors (Lipinski definition) is 1. The van der Waals surface area contributed by atoms with Crippen molar-refractivity contribution < 1.29 is 13.2 Å². The van der Waals surface area contributed by atoms with Crippen LogP contribution in [0.1, 0.15) is 18.4 Å². The minimum Gasteiger partial charge on any atom is -0.306 e. The van der Waals surface area contributed by atoms with E-state index in [0.29, 0.717) is 5.69 Å². The van der Waals surface area contributed by atoms with Crippen molar-refractivity contribution in [2.75, 3.05) is 31.0 Å². The zero-order chi connectivity index (χ0) is 20.9. The van der Waals surface area contributed by atoms with Crippen molar-refractivity contribution in [2.24, 2.45) is 5.10 Å². The maximum absolute atomic E-state index is 13.3. The number of nitrogens with zero attached hydrogens (tertiary/aromatic N) is 3. The van der Waals surface area contributed by atoms with Gasteiger partial charge in [0.15, 0.2) is 0 Å². The molecule has 1 aliphatic rings. The number of sulfonamides is 1. The van der Waals surface area contributed by atoms with Crippen molar-refractivity contribution in [1.29, 1.82) is 0 Å². The van der Waals surface area contributed by atoms with E-state index in [-0.39, 0.29) is 11.4 Å². The number of amides is 1. The summed E-state index contributed by atoms with van der Waals surface area (Å²) in [6.07, 6.45) is 1.58. The fourth-order valence-corrected chi connectivity index (χ4v) is 4.66. The molecule has 1 amide bonds. The number of para-hydroxylation sites is 1. The van der Waals surface area contributed by atoms with Gasteiger partial charge in [0.2, 0.25) is 0 Å². The molecule has 0 radical (unpaired) electrons. The summed E-state index contributed by atoms with van der Waals surface area (Å²) in [5, 5.41) is 4.21. The highest BCUT2D eigenvalue weighted by Crippen LogP contribution is 2.26. The van der Waals surface area contributed by atoms with Crippen molar-refractivity contribution in [3.05, 3.63) is 60.2 Å². The standard InChI is InChI=1S/C21H26N4O3S/c1-17-8-6-7-11-20(17)25(29(27,28)19-9-4-3-5-10-19)16-21(26)23-22-18-12-14-24(2)15-13-18/h3-11H,12-16H2,1-2H3,(H,23,26). The number of aryl methyl sites for hydroxylation is 1. The molecular formula is C21H26N4O3S. The third-order valence-corrected chi connectivity index (χ3v) is 6.68. The number of anilines is 1. The number of nitrogens with one attached hydrogen (secondary N) is 1. The maximum atomic E-state index is 13.3. The van der Waals surface area contributed by atoms with Crippen molar-refractivity contribution in [3.63, 3.8) is 0 Å². The number of hydrogen-bond acceptors (Lipinski definition) is 5. The summed E-state index contributed by atoms with van der Waals surface area (Å²) in [5.41, 5.74) is 4.69. The van der Waals surface area contributed by atoms with Crippen LogP contribution in [0.2, 0.25) is 0 Å². The second-order valence-corrected chi connectivity index (χ2v) is 8.99. The monoisotopic (exact) mass is 414 g/mol. The summed E-state index contributed by atoms with van der Waals surface area (Å²) >= 11 is 0. The van der Waals surface area contributed by atoms with Crippen LogP contribution in [0.5, 0.6) is 0 Å². The molecule has 1 fully saturated rings. The summed E-state index contributed by atoms with van der Waals surface area (Å²) in [6, 6.07) is 15.2. The van der Waals surface area contributed by atoms with E-state index in [9.17, 15) is 13.2 Å². The molecule has 1 saturated heterocycles. The van der Waals surface area contributed by atoms with E-state index in [1.54, 1.807) is 30.3 Å². The fourth-order valence-electron chi connectivity index (χ4n) is 3.16. The lowest BCUT2D eigenvalue weighted by atomic mass is 10.1. The highest BCUT2D eigenvalue weighted by molar-refractivity contribution is 7.92. The Labute approximate surface area is 172 Å². The molecule has 1 aliphatic heterocycles. The summed E-state index contributed by atoms with van der Waals surface area (Å²) in [7, 11) is -1.86. The van der Waals surface area contributed by atoms with E-state index in [1.807, 2.05) is 26.1 Å². The number of likely N-dealkylation sites (tertiary alicyclic amines) is 1. The topological polar surface area (TPSA) is 82.1 Å². The first-order valence-corrected chi connectivity index (χ1v) is 11.0. The predicted octanol–water partition coefficient (Wildman–Crippen LogP) is 2.39. The molecular weight excluding hydrogens is 388 g/mol. The average molecular weight is 415 g/mol. The van der Waals surface area contributed by atoms with E-state index in [4.69, 9.17) is 0 Å². The van der Waals surface area contributed by atoms with Gasteiger partial charge in [-0.05, 0) is 37.7 Å². The minimum atomic E-state index is -3.90. The van der Waals surface area contributed by atoms with E-state index < -0.39 is 15.9 Å². The molecule has 0 saturated carbocycles. The molecule has 29 heavy (non-hydrogen) atoms. The molecule has 3 rings (SSSR count). The summed E-state index contributed by atoms with van der Waals surface area (Å²) in [5.74, 6) is -0.473. The molecule has 0 spiro atoms. The molecule has 154 valence electrons. The molecule has 0 aliphatic carbocycles. The predicted molar refractivity (Wildman–Crippen MR) is 114 cm³/mol. The van der Waals surface area contributed by atoms with Gasteiger partial charge in [0, 0.05) is 31.6 Å². The first-order valence-electron chi connectivity index (χ1n) is 9.54. The molecule has 1 heterocycles. The summed E-state index contributed by atoms with van der Waals surface area (Å²) in [4.78, 5) is 14.9. The Bertz CT molecular complexity index is 980. The van der Waals surface area contributed by atoms with Gasteiger partial charge in [0.25, 0.3) is 15.9 Å². The van der Waals surface area contributed by atoms with Crippen LogP contribution in [0, 0.1) is 6.92 Å². The number of benzene rings is 2. The maximum Gasteiger partial charge on any atom is 0.264 e. The third-order valence-electron chi connectivity index (χ3n) is 4.91. The molecule has 0 atom stereocenters. The van der Waals surface area contributed by atoms with Gasteiger partial charge in [-0.1, -0.05) is 36.4 Å². The molecule has 0 aromatic heterocycles. The molecule has 2 aromatic rings. The first kappa shape index (κ1) is 21.0. The van der Waals surface area contributed by atoms with E-state index in [1.165, 1.54) is 12.1 Å². The van der Waals surface area contributed by atoms with Crippen molar-refractivity contribution in [2.45, 2.75) is 24.7 Å². The lowest BCUT2D eigenvalue weighted by Gasteiger charge is -2.25. The van der Waals surface area contributed by atoms with Gasteiger partial charge in [-0.3, -0.25) is 9.10 Å². The van der Waals surface area contributed by atoms with E-state index in [2.05, 4.69) is 15.4 Å². The van der Waals surface area contributed by atoms with Crippen LogP contribution >= 0.6 is 0 Å². The Morgan fingerprint density at radius 2 is 1.69 bits per heavy atom. The normalized spacial score (nSPS) is 15.0. The van der Waals surface area contributed by atoms with Gasteiger partial charge in [-0.25, -0.2) is 13.8 Å². The lowest BCUT2D eigenvalue weighted by Crippen LogP contribution is -2.40. The van der Waals surface area contributed by atoms with Gasteiger partial charge < -0.3 is 4.90 Å². The number of piperidine rings is 1. The highest BCUT2D eigenvalue weighted by atomic mass is 32.2. The molecule has 2 aromatic carbocycles. The van der Waals surface area contributed by atoms with E-state index >= 15 is 0 Å². The first-order chi connectivity index (χ1) is 13.9. The number of carbonyl (C=O) groups excluding carboxylic acids is 1. The van der Waals surface area contributed by atoms with Crippen LogP contribution in [0.4, 0.5) is 5.69 Å². The largest absolute Gasteiger partial charge is 0.306 e. The van der Waals surface area contributed by atoms with Crippen LogP contribution in [-0.4, -0.2) is 51.6 Å². The fraction of sp³-hybridized carbons (Fsp3) is 0.333. The quantitative estimate of drug-likeness (QED) is 0.736. The van der Waals surface area contributed by atoms with Crippen LogP contribution in [0.15, 0.2) is 64.6 Å². The van der Waals surface area contributed by atoms with Gasteiger partial charge in [0.05, 0.1) is 10.6 Å². The minimum absolute atomic E-state index is 0.137. The SMILES string of the molecule is Cc1ccccc1N(CC(=O)NN=C1CCN(C)CC1)S(=O)(=O)c1ccccc1. The Morgan fingerprint density at radius 1 is 1.07 bits per heavy atom. The number of carbonyl (C=O) groups is 1. The highest BCUT2D eigenvalue weighted by Gasteiger charge is 2.28. The molecule has 8 heteroatoms. The van der Waals surface area contributed by atoms with Crippen LogP contribution in [0.25, 0.3) is 0 Å². The van der Waals surface area contributed by atoms with Crippen LogP contribution in [-0.2, 0) is 14.8 Å². The van der Waals surface area contributed by atoms with Crippen molar-refractivity contribution >= 4 is 27.3 Å². The Kier molecular flexibility index (Phi) is 6.66. The van der Waals surface area contributed by atoms with Crippen molar-refractivity contribution in [1.82, 2.24) is 10.3 Å². The second-order valence-electron chi connectivity index (χ2n) is 7.13. The van der Waals surface area contributed by atoms with Crippen LogP contribution in [0.3, 0.4) is 0 Å². The second kappa shape index (κ2) is 9.19. The Morgan fingerprint density at radius 3 is 2.34 bits per heavy atom. The lowest BCUT2D eigenvalue weighted by molar-refractivity contribution is -0.119. The van der Waals surface area contributed by atoms with Crippen molar-refractivity contribution in [3.8, 4) is 0 Å².